The van der Waals surface area contributed by atoms with Crippen LogP contribution in [0.5, 0.6) is 5.75 Å². The summed E-state index contributed by atoms with van der Waals surface area (Å²) in [7, 11) is 5.00. The van der Waals surface area contributed by atoms with Crippen molar-refractivity contribution in [2.75, 3.05) is 75.7 Å². The van der Waals surface area contributed by atoms with E-state index >= 15 is 0 Å². The molecular formula is C26H38N4O3S. The number of nitrogens with zero attached hydrogens (tertiary/aromatic N) is 3. The van der Waals surface area contributed by atoms with Gasteiger partial charge in [0.15, 0.2) is 11.4 Å². The van der Waals surface area contributed by atoms with Gasteiger partial charge in [-0.3, -0.25) is 0 Å². The van der Waals surface area contributed by atoms with Gasteiger partial charge in [-0.25, -0.2) is 0 Å². The number of anilines is 3. The summed E-state index contributed by atoms with van der Waals surface area (Å²) in [5.41, 5.74) is 3.45. The first-order chi connectivity index (χ1) is 16.6. The van der Waals surface area contributed by atoms with Crippen LogP contribution in [0.2, 0.25) is 0 Å². The minimum absolute atomic E-state index is 0.310. The lowest BCUT2D eigenvalue weighted by Crippen LogP contribution is -2.46. The molecule has 0 saturated carbocycles. The maximum absolute atomic E-state index is 5.70. The van der Waals surface area contributed by atoms with Gasteiger partial charge in [-0.1, -0.05) is 13.3 Å². The van der Waals surface area contributed by atoms with E-state index < -0.39 is 0 Å². The Balaban J connectivity index is 1.54. The van der Waals surface area contributed by atoms with E-state index in [1.165, 1.54) is 11.4 Å². The van der Waals surface area contributed by atoms with Crippen molar-refractivity contribution in [1.82, 2.24) is 4.90 Å². The van der Waals surface area contributed by atoms with Crippen molar-refractivity contribution < 1.29 is 14.2 Å². The van der Waals surface area contributed by atoms with Crippen molar-refractivity contribution in [3.8, 4) is 5.75 Å². The van der Waals surface area contributed by atoms with Gasteiger partial charge in [0.2, 0.25) is 0 Å². The van der Waals surface area contributed by atoms with Crippen LogP contribution in [0.4, 0.5) is 17.1 Å². The van der Waals surface area contributed by atoms with E-state index in [1.54, 1.807) is 21.3 Å². The number of nitrogens with one attached hydrogen (secondary N) is 1. The molecule has 2 aromatic rings. The zero-order valence-corrected chi connectivity index (χ0v) is 21.6. The first-order valence-corrected chi connectivity index (χ1v) is 12.3. The number of hydrogen-bond donors (Lipinski definition) is 1. The summed E-state index contributed by atoms with van der Waals surface area (Å²) in [5, 5.41) is 4.07. The van der Waals surface area contributed by atoms with E-state index in [1.807, 2.05) is 12.1 Å². The number of ether oxygens (including phenoxy) is 3. The number of unbranched alkanes of at least 4 members (excludes halogenated alkanes) is 1. The second-order valence-corrected chi connectivity index (χ2v) is 8.74. The fourth-order valence-electron chi connectivity index (χ4n) is 4.02. The lowest BCUT2D eigenvalue weighted by atomic mass is 10.2. The molecule has 3 rings (SSSR count). The van der Waals surface area contributed by atoms with E-state index in [0.717, 1.165) is 57.0 Å². The Hall–Kier alpha value is -2.55. The maximum atomic E-state index is 5.70. The molecule has 0 radical (unpaired) electrons. The molecule has 0 unspecified atom stereocenters. The highest BCUT2D eigenvalue weighted by atomic mass is 32.1. The summed E-state index contributed by atoms with van der Waals surface area (Å²) in [5.74, 6) is 0.890. The number of methoxy groups -OCH3 is 3. The van der Waals surface area contributed by atoms with Crippen LogP contribution in [0.25, 0.3) is 0 Å². The quantitative estimate of drug-likeness (QED) is 0.370. The van der Waals surface area contributed by atoms with Crippen molar-refractivity contribution in [2.45, 2.75) is 26.1 Å². The average molecular weight is 487 g/mol. The maximum Gasteiger partial charge on any atom is 0.174 e. The van der Waals surface area contributed by atoms with Gasteiger partial charge >= 0.3 is 0 Å². The Morgan fingerprint density at radius 2 is 1.44 bits per heavy atom. The summed E-state index contributed by atoms with van der Waals surface area (Å²) < 4.78 is 16.0. The summed E-state index contributed by atoms with van der Waals surface area (Å²) in [6, 6.07) is 16.8. The minimum Gasteiger partial charge on any atom is -0.497 e. The topological polar surface area (TPSA) is 49.4 Å². The van der Waals surface area contributed by atoms with Gasteiger partial charge in [-0.05, 0) is 67.2 Å². The van der Waals surface area contributed by atoms with Crippen molar-refractivity contribution in [1.29, 1.82) is 0 Å². The van der Waals surface area contributed by atoms with Crippen LogP contribution >= 0.6 is 12.2 Å². The third kappa shape index (κ3) is 7.22. The van der Waals surface area contributed by atoms with Crippen LogP contribution in [0.3, 0.4) is 0 Å². The van der Waals surface area contributed by atoms with Crippen LogP contribution in [0.1, 0.15) is 19.8 Å². The first kappa shape index (κ1) is 26.1. The number of hydrogen-bond acceptors (Lipinski definition) is 6. The van der Waals surface area contributed by atoms with Crippen molar-refractivity contribution in [2.24, 2.45) is 0 Å². The molecular weight excluding hydrogens is 448 g/mol. The zero-order valence-electron chi connectivity index (χ0n) is 20.8. The van der Waals surface area contributed by atoms with Gasteiger partial charge in [0.05, 0.1) is 13.7 Å². The van der Waals surface area contributed by atoms with Gasteiger partial charge < -0.3 is 34.2 Å². The molecule has 1 heterocycles. The highest BCUT2D eigenvalue weighted by Gasteiger charge is 2.19. The third-order valence-corrected chi connectivity index (χ3v) is 6.53. The molecule has 1 aliphatic rings. The molecule has 34 heavy (non-hydrogen) atoms. The Kier molecular flexibility index (Phi) is 10.2. The van der Waals surface area contributed by atoms with E-state index in [-0.39, 0.29) is 6.29 Å². The Morgan fingerprint density at radius 3 is 1.91 bits per heavy atom. The average Bonchev–Trinajstić information content (AvgIpc) is 2.89. The Labute approximate surface area is 209 Å². The monoisotopic (exact) mass is 486 g/mol. The molecule has 1 saturated heterocycles. The molecule has 0 aromatic heterocycles. The molecule has 2 aromatic carbocycles. The van der Waals surface area contributed by atoms with Crippen LogP contribution in [-0.2, 0) is 9.47 Å². The summed E-state index contributed by atoms with van der Waals surface area (Å²) >= 11 is 5.70. The van der Waals surface area contributed by atoms with Crippen molar-refractivity contribution in [3.05, 3.63) is 48.5 Å². The summed E-state index contributed by atoms with van der Waals surface area (Å²) in [4.78, 5) is 6.96. The number of thiocarbonyl (C=S) groups is 1. The highest BCUT2D eigenvalue weighted by molar-refractivity contribution is 7.80. The molecule has 1 N–H and O–H groups in total. The highest BCUT2D eigenvalue weighted by Crippen LogP contribution is 2.24. The summed E-state index contributed by atoms with van der Waals surface area (Å²) in [6.07, 6.45) is 1.85. The molecule has 7 nitrogen and oxygen atoms in total. The first-order valence-electron chi connectivity index (χ1n) is 11.9. The zero-order chi connectivity index (χ0) is 24.3. The van der Waals surface area contributed by atoms with Gasteiger partial charge in [0, 0.05) is 64.0 Å². The van der Waals surface area contributed by atoms with Crippen LogP contribution in [0.15, 0.2) is 48.5 Å². The Bertz CT molecular complexity index is 867. The van der Waals surface area contributed by atoms with E-state index in [2.05, 4.69) is 63.3 Å². The second kappa shape index (κ2) is 13.4. The van der Waals surface area contributed by atoms with Gasteiger partial charge in [-0.2, -0.15) is 0 Å². The number of benzene rings is 2. The van der Waals surface area contributed by atoms with E-state index in [9.17, 15) is 0 Å². The number of piperazine rings is 1. The molecule has 1 fully saturated rings. The van der Waals surface area contributed by atoms with E-state index in [0.29, 0.717) is 11.7 Å². The number of rotatable bonds is 11. The lowest BCUT2D eigenvalue weighted by molar-refractivity contribution is -0.109. The van der Waals surface area contributed by atoms with Gasteiger partial charge in [0.25, 0.3) is 0 Å². The normalized spacial score (nSPS) is 13.8. The fraction of sp³-hybridized carbons (Fsp3) is 0.500. The Morgan fingerprint density at radius 1 is 0.912 bits per heavy atom. The minimum atomic E-state index is -0.310. The fourth-order valence-corrected chi connectivity index (χ4v) is 4.31. The molecule has 0 spiro atoms. The van der Waals surface area contributed by atoms with Crippen LogP contribution < -0.4 is 19.9 Å². The molecule has 1 aliphatic heterocycles. The molecule has 0 atom stereocenters. The molecule has 0 amide bonds. The SMILES string of the molecule is CCCCN(CC(OC)OC)C(=S)Nc1ccc(N2CCN(c3ccc(OC)cc3)CC2)cc1. The molecule has 0 aliphatic carbocycles. The third-order valence-electron chi connectivity index (χ3n) is 6.17. The molecule has 186 valence electrons. The van der Waals surface area contributed by atoms with Crippen molar-refractivity contribution in [3.63, 3.8) is 0 Å². The van der Waals surface area contributed by atoms with Crippen LogP contribution in [-0.4, -0.2) is 76.9 Å². The molecule has 8 heteroatoms. The smallest absolute Gasteiger partial charge is 0.174 e. The van der Waals surface area contributed by atoms with Crippen molar-refractivity contribution >= 4 is 34.4 Å². The lowest BCUT2D eigenvalue weighted by Gasteiger charge is -2.37. The second-order valence-electron chi connectivity index (χ2n) is 8.35. The van der Waals surface area contributed by atoms with Crippen LogP contribution in [0, 0.1) is 0 Å². The van der Waals surface area contributed by atoms with Gasteiger partial charge in [0.1, 0.15) is 5.75 Å². The predicted molar refractivity (Wildman–Crippen MR) is 144 cm³/mol. The van der Waals surface area contributed by atoms with E-state index in [4.69, 9.17) is 26.4 Å². The largest absolute Gasteiger partial charge is 0.497 e. The summed E-state index contributed by atoms with van der Waals surface area (Å²) in [6.45, 7) is 7.58. The predicted octanol–water partition coefficient (Wildman–Crippen LogP) is 4.44. The standard InChI is InChI=1S/C26H38N4O3S/c1-5-6-15-30(20-25(32-3)33-4)26(34)27-21-7-9-22(10-8-21)28-16-18-29(19-17-28)23-11-13-24(31-2)14-12-23/h7-14,25H,5-6,15-20H2,1-4H3,(H,27,34). The van der Waals surface area contributed by atoms with Gasteiger partial charge in [-0.15, -0.1) is 0 Å². The molecule has 0 bridgehead atoms.